The molecule has 0 bridgehead atoms. The third-order valence-corrected chi connectivity index (χ3v) is 3.67. The summed E-state index contributed by atoms with van der Waals surface area (Å²) >= 11 is 5.84. The first-order chi connectivity index (χ1) is 7.65. The van der Waals surface area contributed by atoms with E-state index in [1.165, 1.54) is 5.56 Å². The fraction of sp³-hybridized carbons (Fsp3) is 0.500. The maximum Gasteiger partial charge on any atom is 0.136 e. The minimum atomic E-state index is 0.227. The molecule has 2 rings (SSSR count). The van der Waals surface area contributed by atoms with Crippen molar-refractivity contribution in [3.05, 3.63) is 34.9 Å². The number of hydrogen-bond donors (Lipinski definition) is 0. The molecule has 0 N–H and O–H groups in total. The first-order valence-corrected chi connectivity index (χ1v) is 6.30. The summed E-state index contributed by atoms with van der Waals surface area (Å²) < 4.78 is 0. The lowest BCUT2D eigenvalue weighted by molar-refractivity contribution is -0.125. The van der Waals surface area contributed by atoms with Crippen LogP contribution in [0.5, 0.6) is 0 Å². The molecule has 86 valence electrons. The fourth-order valence-electron chi connectivity index (χ4n) is 2.43. The lowest BCUT2D eigenvalue weighted by Gasteiger charge is -2.25. The zero-order valence-corrected chi connectivity index (χ0v) is 10.3. The van der Waals surface area contributed by atoms with Crippen LogP contribution in [0.25, 0.3) is 0 Å². The predicted octanol–water partition coefficient (Wildman–Crippen LogP) is 3.89. The van der Waals surface area contributed by atoms with Crippen LogP contribution in [0.3, 0.4) is 0 Å². The molecule has 2 unspecified atom stereocenters. The quantitative estimate of drug-likeness (QED) is 0.762. The smallest absolute Gasteiger partial charge is 0.136 e. The summed E-state index contributed by atoms with van der Waals surface area (Å²) in [6.45, 7) is 2.24. The van der Waals surface area contributed by atoms with Crippen molar-refractivity contribution >= 4 is 17.4 Å². The average Bonchev–Trinajstić information content (AvgIpc) is 2.27. The first kappa shape index (κ1) is 11.7. The van der Waals surface area contributed by atoms with Gasteiger partial charge in [-0.1, -0.05) is 30.7 Å². The van der Waals surface area contributed by atoms with Crippen LogP contribution in [0.2, 0.25) is 5.02 Å². The van der Waals surface area contributed by atoms with E-state index in [9.17, 15) is 4.79 Å². The molecule has 2 heteroatoms. The molecule has 0 radical (unpaired) electrons. The lowest BCUT2D eigenvalue weighted by atomic mass is 9.78. The Kier molecular flexibility index (Phi) is 3.65. The molecule has 1 nitrogen and oxygen atoms in total. The predicted molar refractivity (Wildman–Crippen MR) is 66.7 cm³/mol. The van der Waals surface area contributed by atoms with Crippen LogP contribution in [0.15, 0.2) is 24.3 Å². The molecule has 1 aliphatic carbocycles. The second-order valence-electron chi connectivity index (χ2n) is 4.87. The molecule has 0 saturated heterocycles. The fourth-order valence-corrected chi connectivity index (χ4v) is 2.56. The van der Waals surface area contributed by atoms with Gasteiger partial charge >= 0.3 is 0 Å². The Bertz CT molecular complexity index is 369. The molecule has 1 aromatic carbocycles. The highest BCUT2D eigenvalue weighted by Crippen LogP contribution is 2.28. The molecule has 0 aliphatic heterocycles. The molecule has 1 saturated carbocycles. The molecule has 0 heterocycles. The second kappa shape index (κ2) is 5.01. The van der Waals surface area contributed by atoms with Crippen molar-refractivity contribution in [3.63, 3.8) is 0 Å². The van der Waals surface area contributed by atoms with Crippen LogP contribution in [0.1, 0.15) is 31.7 Å². The molecule has 0 aromatic heterocycles. The highest BCUT2D eigenvalue weighted by molar-refractivity contribution is 6.30. The van der Waals surface area contributed by atoms with Gasteiger partial charge in [0.05, 0.1) is 0 Å². The largest absolute Gasteiger partial charge is 0.299 e. The molecule has 0 spiro atoms. The van der Waals surface area contributed by atoms with Crippen LogP contribution in [0, 0.1) is 11.8 Å². The van der Waals surface area contributed by atoms with Crippen LogP contribution < -0.4 is 0 Å². The number of benzene rings is 1. The number of rotatable bonds is 2. The van der Waals surface area contributed by atoms with E-state index in [1.54, 1.807) is 0 Å². The van der Waals surface area contributed by atoms with Crippen molar-refractivity contribution < 1.29 is 4.79 Å². The van der Waals surface area contributed by atoms with Gasteiger partial charge in [-0.3, -0.25) is 4.79 Å². The maximum absolute atomic E-state index is 11.8. The summed E-state index contributed by atoms with van der Waals surface area (Å²) in [5.74, 6) is 1.35. The Morgan fingerprint density at radius 1 is 1.31 bits per heavy atom. The summed E-state index contributed by atoms with van der Waals surface area (Å²) in [5, 5.41) is 0.757. The Morgan fingerprint density at radius 3 is 2.69 bits per heavy atom. The molecule has 2 atom stereocenters. The molecule has 1 aliphatic rings. The maximum atomic E-state index is 11.8. The van der Waals surface area contributed by atoms with E-state index in [4.69, 9.17) is 11.6 Å². The van der Waals surface area contributed by atoms with Crippen LogP contribution in [-0.2, 0) is 11.2 Å². The number of ketones is 1. The Hall–Kier alpha value is -0.820. The summed E-state index contributed by atoms with van der Waals surface area (Å²) in [6, 6.07) is 7.84. The standard InChI is InChI=1S/C14H17ClO/c1-10-2-7-14(16)12(8-10)9-11-3-5-13(15)6-4-11/h3-6,10,12H,2,7-9H2,1H3. The van der Waals surface area contributed by atoms with Crippen LogP contribution in [-0.4, -0.2) is 5.78 Å². The molecule has 1 fully saturated rings. The Labute approximate surface area is 102 Å². The van der Waals surface area contributed by atoms with Gasteiger partial charge < -0.3 is 0 Å². The van der Waals surface area contributed by atoms with Crippen molar-refractivity contribution in [1.82, 2.24) is 0 Å². The Balaban J connectivity index is 2.02. The van der Waals surface area contributed by atoms with E-state index in [0.29, 0.717) is 11.7 Å². The summed E-state index contributed by atoms with van der Waals surface area (Å²) in [7, 11) is 0. The third kappa shape index (κ3) is 2.85. The number of carbonyl (C=O) groups is 1. The van der Waals surface area contributed by atoms with Gasteiger partial charge in [-0.15, -0.1) is 0 Å². The Morgan fingerprint density at radius 2 is 2.00 bits per heavy atom. The van der Waals surface area contributed by atoms with Crippen LogP contribution in [0.4, 0.5) is 0 Å². The van der Waals surface area contributed by atoms with Gasteiger partial charge in [-0.05, 0) is 42.9 Å². The van der Waals surface area contributed by atoms with Gasteiger partial charge in [-0.2, -0.15) is 0 Å². The van der Waals surface area contributed by atoms with Gasteiger partial charge in [0.25, 0.3) is 0 Å². The molecular formula is C14H17ClO. The molecular weight excluding hydrogens is 220 g/mol. The monoisotopic (exact) mass is 236 g/mol. The van der Waals surface area contributed by atoms with E-state index >= 15 is 0 Å². The molecule has 16 heavy (non-hydrogen) atoms. The van der Waals surface area contributed by atoms with Gasteiger partial charge in [0.15, 0.2) is 0 Å². The molecule has 0 amide bonds. The summed E-state index contributed by atoms with van der Waals surface area (Å²) in [5.41, 5.74) is 1.22. The van der Waals surface area contributed by atoms with Crippen LogP contribution >= 0.6 is 11.6 Å². The van der Waals surface area contributed by atoms with E-state index in [2.05, 4.69) is 6.92 Å². The zero-order chi connectivity index (χ0) is 11.5. The summed E-state index contributed by atoms with van der Waals surface area (Å²) in [4.78, 5) is 11.8. The second-order valence-corrected chi connectivity index (χ2v) is 5.31. The third-order valence-electron chi connectivity index (χ3n) is 3.42. The minimum Gasteiger partial charge on any atom is -0.299 e. The number of Topliss-reactive ketones (excluding diaryl/α,β-unsaturated/α-hetero) is 1. The zero-order valence-electron chi connectivity index (χ0n) is 9.58. The normalized spacial score (nSPS) is 25.8. The van der Waals surface area contributed by atoms with E-state index in [0.717, 1.165) is 30.7 Å². The first-order valence-electron chi connectivity index (χ1n) is 5.92. The van der Waals surface area contributed by atoms with E-state index < -0.39 is 0 Å². The van der Waals surface area contributed by atoms with E-state index in [-0.39, 0.29) is 5.92 Å². The number of carbonyl (C=O) groups excluding carboxylic acids is 1. The van der Waals surface area contributed by atoms with Gasteiger partial charge in [0.2, 0.25) is 0 Å². The van der Waals surface area contributed by atoms with Crippen molar-refractivity contribution in [2.75, 3.05) is 0 Å². The van der Waals surface area contributed by atoms with E-state index in [1.807, 2.05) is 24.3 Å². The number of halogens is 1. The lowest BCUT2D eigenvalue weighted by Crippen LogP contribution is -2.25. The van der Waals surface area contributed by atoms with Gasteiger partial charge in [-0.25, -0.2) is 0 Å². The minimum absolute atomic E-state index is 0.227. The van der Waals surface area contributed by atoms with Crippen molar-refractivity contribution in [2.45, 2.75) is 32.6 Å². The highest BCUT2D eigenvalue weighted by Gasteiger charge is 2.26. The van der Waals surface area contributed by atoms with Crippen molar-refractivity contribution in [3.8, 4) is 0 Å². The van der Waals surface area contributed by atoms with Crippen molar-refractivity contribution in [1.29, 1.82) is 0 Å². The topological polar surface area (TPSA) is 17.1 Å². The van der Waals surface area contributed by atoms with Crippen molar-refractivity contribution in [2.24, 2.45) is 11.8 Å². The summed E-state index contributed by atoms with van der Waals surface area (Å²) in [6.07, 6.45) is 3.75. The number of hydrogen-bond acceptors (Lipinski definition) is 1. The molecule has 1 aromatic rings. The SMILES string of the molecule is CC1CCC(=O)C(Cc2ccc(Cl)cc2)C1. The average molecular weight is 237 g/mol. The van der Waals surface area contributed by atoms with Gasteiger partial charge in [0.1, 0.15) is 5.78 Å². The highest BCUT2D eigenvalue weighted by atomic mass is 35.5. The van der Waals surface area contributed by atoms with Gasteiger partial charge in [0, 0.05) is 17.4 Å².